The number of aromatic hydroxyl groups is 1. The second-order valence-corrected chi connectivity index (χ2v) is 4.40. The number of phenolic OH excluding ortho intramolecular Hbond substituents is 1. The second kappa shape index (κ2) is 4.55. The largest absolute Gasteiger partial charge is 0.504 e. The van der Waals surface area contributed by atoms with Gasteiger partial charge in [0.25, 0.3) is 0 Å². The van der Waals surface area contributed by atoms with Crippen LogP contribution >= 0.6 is 0 Å². The van der Waals surface area contributed by atoms with Gasteiger partial charge < -0.3 is 24.7 Å². The Bertz CT molecular complexity index is 444. The van der Waals surface area contributed by atoms with Crippen molar-refractivity contribution in [2.75, 3.05) is 44.3 Å². The van der Waals surface area contributed by atoms with Crippen molar-refractivity contribution in [2.24, 2.45) is 0 Å². The zero-order chi connectivity index (χ0) is 12.5. The molecule has 18 heavy (non-hydrogen) atoms. The third-order valence-electron chi connectivity index (χ3n) is 3.24. The average Bonchev–Trinajstić information content (AvgIpc) is 2.41. The lowest BCUT2D eigenvalue weighted by atomic mass is 10.2. The van der Waals surface area contributed by atoms with Gasteiger partial charge in [-0.25, -0.2) is 0 Å². The summed E-state index contributed by atoms with van der Waals surface area (Å²) in [6, 6.07) is 3.45. The first kappa shape index (κ1) is 11.4. The molecule has 0 aromatic heterocycles. The van der Waals surface area contributed by atoms with Crippen LogP contribution in [0, 0.1) is 0 Å². The molecule has 98 valence electrons. The Morgan fingerprint density at radius 1 is 0.944 bits per heavy atom. The SMILES string of the molecule is Oc1ccc(N2CCN(O)CC2)c2c1OCCO2. The van der Waals surface area contributed by atoms with Gasteiger partial charge in [-0.05, 0) is 12.1 Å². The molecule has 2 heterocycles. The minimum absolute atomic E-state index is 0.106. The van der Waals surface area contributed by atoms with Crippen molar-refractivity contribution >= 4 is 5.69 Å². The van der Waals surface area contributed by atoms with Crippen LogP contribution in [0.15, 0.2) is 12.1 Å². The number of ether oxygens (including phenoxy) is 2. The van der Waals surface area contributed by atoms with E-state index in [-0.39, 0.29) is 5.75 Å². The predicted octanol–water partition coefficient (Wildman–Crippen LogP) is 0.675. The summed E-state index contributed by atoms with van der Waals surface area (Å²) in [5, 5.41) is 20.4. The Labute approximate surface area is 105 Å². The number of hydrogen-bond donors (Lipinski definition) is 2. The van der Waals surface area contributed by atoms with Gasteiger partial charge in [0.1, 0.15) is 13.2 Å². The number of nitrogens with zero attached hydrogens (tertiary/aromatic N) is 2. The molecule has 0 unspecified atom stereocenters. The van der Waals surface area contributed by atoms with Gasteiger partial charge in [-0.3, -0.25) is 0 Å². The topological polar surface area (TPSA) is 65.4 Å². The van der Waals surface area contributed by atoms with E-state index in [9.17, 15) is 10.3 Å². The molecule has 0 radical (unpaired) electrons. The van der Waals surface area contributed by atoms with E-state index in [4.69, 9.17) is 9.47 Å². The lowest BCUT2D eigenvalue weighted by Crippen LogP contribution is -2.45. The lowest BCUT2D eigenvalue weighted by molar-refractivity contribution is -0.0936. The van der Waals surface area contributed by atoms with E-state index in [0.29, 0.717) is 37.8 Å². The highest BCUT2D eigenvalue weighted by molar-refractivity contribution is 5.69. The first-order valence-corrected chi connectivity index (χ1v) is 6.06. The molecule has 0 saturated carbocycles. The van der Waals surface area contributed by atoms with Crippen molar-refractivity contribution in [3.8, 4) is 17.2 Å². The van der Waals surface area contributed by atoms with Crippen LogP contribution in [0.3, 0.4) is 0 Å². The van der Waals surface area contributed by atoms with Crippen LogP contribution in [0.2, 0.25) is 0 Å². The summed E-state index contributed by atoms with van der Waals surface area (Å²) in [7, 11) is 0. The second-order valence-electron chi connectivity index (χ2n) is 4.40. The van der Waals surface area contributed by atoms with Gasteiger partial charge in [-0.2, -0.15) is 5.06 Å². The van der Waals surface area contributed by atoms with Gasteiger partial charge in [0, 0.05) is 26.2 Å². The van der Waals surface area contributed by atoms with Crippen LogP contribution in [0.4, 0.5) is 5.69 Å². The average molecular weight is 252 g/mol. The molecule has 2 N–H and O–H groups in total. The first-order chi connectivity index (χ1) is 8.75. The molecular weight excluding hydrogens is 236 g/mol. The molecular formula is C12H16N2O4. The third kappa shape index (κ3) is 1.93. The fraction of sp³-hybridized carbons (Fsp3) is 0.500. The molecule has 6 nitrogen and oxygen atoms in total. The number of fused-ring (bicyclic) bond motifs is 1. The van der Waals surface area contributed by atoms with E-state index < -0.39 is 0 Å². The number of piperazine rings is 1. The zero-order valence-corrected chi connectivity index (χ0v) is 10.0. The standard InChI is InChI=1S/C12H16N2O4/c15-10-2-1-9(11-12(10)18-8-7-17-11)13-3-5-14(16)6-4-13/h1-2,15-16H,3-8H2. The van der Waals surface area contributed by atoms with E-state index in [1.165, 1.54) is 5.06 Å². The molecule has 2 aliphatic heterocycles. The van der Waals surface area contributed by atoms with Gasteiger partial charge in [0.2, 0.25) is 5.75 Å². The highest BCUT2D eigenvalue weighted by Crippen LogP contribution is 2.45. The molecule has 0 amide bonds. The molecule has 1 saturated heterocycles. The van der Waals surface area contributed by atoms with E-state index in [1.54, 1.807) is 6.07 Å². The molecule has 6 heteroatoms. The predicted molar refractivity (Wildman–Crippen MR) is 64.7 cm³/mol. The van der Waals surface area contributed by atoms with Crippen LogP contribution < -0.4 is 14.4 Å². The van der Waals surface area contributed by atoms with E-state index in [0.717, 1.165) is 18.8 Å². The number of benzene rings is 1. The molecule has 0 atom stereocenters. The smallest absolute Gasteiger partial charge is 0.205 e. The Morgan fingerprint density at radius 3 is 2.33 bits per heavy atom. The summed E-state index contributed by atoms with van der Waals surface area (Å²) in [4.78, 5) is 2.12. The highest BCUT2D eigenvalue weighted by atomic mass is 16.6. The first-order valence-electron chi connectivity index (χ1n) is 6.06. The van der Waals surface area contributed by atoms with Crippen molar-refractivity contribution in [1.82, 2.24) is 5.06 Å². The van der Waals surface area contributed by atoms with E-state index in [2.05, 4.69) is 4.90 Å². The third-order valence-corrected chi connectivity index (χ3v) is 3.24. The summed E-state index contributed by atoms with van der Waals surface area (Å²) in [6.45, 7) is 3.57. The van der Waals surface area contributed by atoms with Crippen LogP contribution in [-0.4, -0.2) is 54.8 Å². The monoisotopic (exact) mass is 252 g/mol. The molecule has 1 aromatic carbocycles. The van der Waals surface area contributed by atoms with Crippen molar-refractivity contribution < 1.29 is 19.8 Å². The van der Waals surface area contributed by atoms with Crippen molar-refractivity contribution in [3.63, 3.8) is 0 Å². The maximum absolute atomic E-state index is 9.75. The maximum atomic E-state index is 9.75. The van der Waals surface area contributed by atoms with Gasteiger partial charge in [-0.15, -0.1) is 0 Å². The molecule has 1 fully saturated rings. The quantitative estimate of drug-likeness (QED) is 0.766. The van der Waals surface area contributed by atoms with Crippen LogP contribution in [0.1, 0.15) is 0 Å². The van der Waals surface area contributed by atoms with E-state index in [1.807, 2.05) is 6.07 Å². The maximum Gasteiger partial charge on any atom is 0.205 e. The number of anilines is 1. The van der Waals surface area contributed by atoms with Gasteiger partial charge in [0.05, 0.1) is 5.69 Å². The highest BCUT2D eigenvalue weighted by Gasteiger charge is 2.25. The number of hydroxylamine groups is 2. The van der Waals surface area contributed by atoms with Crippen molar-refractivity contribution in [3.05, 3.63) is 12.1 Å². The minimum Gasteiger partial charge on any atom is -0.504 e. The minimum atomic E-state index is 0.106. The Kier molecular flexibility index (Phi) is 2.89. The summed E-state index contributed by atoms with van der Waals surface area (Å²) in [5.41, 5.74) is 0.913. The summed E-state index contributed by atoms with van der Waals surface area (Å²) in [6.07, 6.45) is 0. The van der Waals surface area contributed by atoms with Gasteiger partial charge >= 0.3 is 0 Å². The summed E-state index contributed by atoms with van der Waals surface area (Å²) < 4.78 is 11.1. The fourth-order valence-corrected chi connectivity index (χ4v) is 2.29. The van der Waals surface area contributed by atoms with Gasteiger partial charge in [0.15, 0.2) is 11.5 Å². The van der Waals surface area contributed by atoms with Crippen molar-refractivity contribution in [2.45, 2.75) is 0 Å². The summed E-state index contributed by atoms with van der Waals surface area (Å²) >= 11 is 0. The molecule has 3 rings (SSSR count). The fourth-order valence-electron chi connectivity index (χ4n) is 2.29. The number of phenols is 1. The van der Waals surface area contributed by atoms with Crippen LogP contribution in [0.5, 0.6) is 17.2 Å². The normalized spacial score (nSPS) is 19.9. The van der Waals surface area contributed by atoms with Gasteiger partial charge in [-0.1, -0.05) is 0 Å². The van der Waals surface area contributed by atoms with Crippen LogP contribution in [0.25, 0.3) is 0 Å². The van der Waals surface area contributed by atoms with E-state index >= 15 is 0 Å². The molecule has 1 aromatic rings. The molecule has 0 spiro atoms. The Hall–Kier alpha value is -1.66. The molecule has 2 aliphatic rings. The lowest BCUT2D eigenvalue weighted by Gasteiger charge is -2.34. The molecule has 0 bridgehead atoms. The Balaban J connectivity index is 1.92. The Morgan fingerprint density at radius 2 is 1.61 bits per heavy atom. The van der Waals surface area contributed by atoms with Crippen LogP contribution in [-0.2, 0) is 0 Å². The number of rotatable bonds is 1. The van der Waals surface area contributed by atoms with Crippen molar-refractivity contribution in [1.29, 1.82) is 0 Å². The molecule has 0 aliphatic carbocycles. The zero-order valence-electron chi connectivity index (χ0n) is 10.0. The summed E-state index contributed by atoms with van der Waals surface area (Å²) in [5.74, 6) is 1.13. The number of hydrogen-bond acceptors (Lipinski definition) is 6.